The minimum atomic E-state index is -0.242. The molecule has 2 rings (SSSR count). The predicted molar refractivity (Wildman–Crippen MR) is 57.5 cm³/mol. The molecule has 0 spiro atoms. The van der Waals surface area contributed by atoms with Crippen LogP contribution in [0.25, 0.3) is 0 Å². The first kappa shape index (κ1) is 10.3. The van der Waals surface area contributed by atoms with Crippen LogP contribution in [0, 0.1) is 5.92 Å². The lowest BCUT2D eigenvalue weighted by Gasteiger charge is -2.46. The zero-order chi connectivity index (χ0) is 10.1. The monoisotopic (exact) mass is 215 g/mol. The second-order valence-electron chi connectivity index (χ2n) is 4.70. The van der Waals surface area contributed by atoms with Crippen LogP contribution in [0.15, 0.2) is 0 Å². The number of piperidine rings is 1. The molecule has 2 fully saturated rings. The minimum absolute atomic E-state index is 0.242. The van der Waals surface area contributed by atoms with Gasteiger partial charge in [-0.25, -0.2) is 0 Å². The van der Waals surface area contributed by atoms with E-state index in [2.05, 4.69) is 6.92 Å². The van der Waals surface area contributed by atoms with Gasteiger partial charge in [-0.2, -0.15) is 0 Å². The van der Waals surface area contributed by atoms with Crippen molar-refractivity contribution in [2.75, 3.05) is 0 Å². The van der Waals surface area contributed by atoms with Gasteiger partial charge in [0.2, 0.25) is 0 Å². The van der Waals surface area contributed by atoms with Gasteiger partial charge in [0.1, 0.15) is 0 Å². The number of nitrogens with zero attached hydrogens (tertiary/aromatic N) is 1. The van der Waals surface area contributed by atoms with Crippen LogP contribution in [-0.2, 0) is 0 Å². The second-order valence-corrected chi connectivity index (χ2v) is 5.02. The highest BCUT2D eigenvalue weighted by Crippen LogP contribution is 2.38. The molecule has 3 heteroatoms. The van der Waals surface area contributed by atoms with E-state index < -0.39 is 0 Å². The van der Waals surface area contributed by atoms with Crippen molar-refractivity contribution in [3.8, 4) is 0 Å². The average Bonchev–Trinajstić information content (AvgIpc) is 2.17. The summed E-state index contributed by atoms with van der Waals surface area (Å²) < 4.78 is 0. The topological polar surface area (TPSA) is 20.3 Å². The first-order valence-electron chi connectivity index (χ1n) is 5.68. The minimum Gasteiger partial charge on any atom is -0.323 e. The molecule has 0 aromatic carbocycles. The average molecular weight is 216 g/mol. The number of fused-ring (bicyclic) bond motifs is 1. The number of rotatable bonds is 0. The molecule has 0 N–H and O–H groups in total. The molecule has 0 radical (unpaired) electrons. The van der Waals surface area contributed by atoms with Gasteiger partial charge in [-0.3, -0.25) is 4.79 Å². The molecule has 0 aromatic heterocycles. The maximum atomic E-state index is 11.4. The van der Waals surface area contributed by atoms with Gasteiger partial charge >= 0.3 is 5.37 Å². The molecular weight excluding hydrogens is 198 g/mol. The van der Waals surface area contributed by atoms with E-state index in [1.54, 1.807) is 0 Å². The van der Waals surface area contributed by atoms with E-state index in [1.165, 1.54) is 25.7 Å². The third-order valence-corrected chi connectivity index (χ3v) is 4.05. The summed E-state index contributed by atoms with van der Waals surface area (Å²) in [5, 5.41) is -0.242. The molecule has 14 heavy (non-hydrogen) atoms. The van der Waals surface area contributed by atoms with Crippen molar-refractivity contribution in [3.63, 3.8) is 0 Å². The smallest absolute Gasteiger partial charge is 0.316 e. The highest BCUT2D eigenvalue weighted by atomic mass is 35.5. The number of hydrogen-bond acceptors (Lipinski definition) is 1. The van der Waals surface area contributed by atoms with Crippen molar-refractivity contribution in [3.05, 3.63) is 0 Å². The first-order valence-corrected chi connectivity index (χ1v) is 6.05. The van der Waals surface area contributed by atoms with Gasteiger partial charge in [0, 0.05) is 12.1 Å². The molecule has 1 aliphatic carbocycles. The van der Waals surface area contributed by atoms with Crippen molar-refractivity contribution in [1.82, 2.24) is 4.90 Å². The Hall–Kier alpha value is -0.240. The number of hydrogen-bond donors (Lipinski definition) is 0. The molecule has 2 aliphatic rings. The van der Waals surface area contributed by atoms with Gasteiger partial charge < -0.3 is 4.90 Å². The normalized spacial score (nSPS) is 37.9. The third-order valence-electron chi connectivity index (χ3n) is 3.86. The van der Waals surface area contributed by atoms with Crippen LogP contribution in [0.2, 0.25) is 0 Å². The molecule has 1 amide bonds. The summed E-state index contributed by atoms with van der Waals surface area (Å²) in [4.78, 5) is 13.3. The largest absolute Gasteiger partial charge is 0.323 e. The number of carbonyl (C=O) groups is 1. The van der Waals surface area contributed by atoms with E-state index in [0.29, 0.717) is 12.1 Å². The van der Waals surface area contributed by atoms with Crippen molar-refractivity contribution in [1.29, 1.82) is 0 Å². The fourth-order valence-electron chi connectivity index (χ4n) is 3.12. The Morgan fingerprint density at radius 2 is 1.93 bits per heavy atom. The molecule has 1 saturated heterocycles. The van der Waals surface area contributed by atoms with Gasteiger partial charge in [-0.15, -0.1) is 0 Å². The zero-order valence-corrected chi connectivity index (χ0v) is 9.46. The maximum absolute atomic E-state index is 11.4. The number of amides is 1. The molecule has 1 saturated carbocycles. The molecule has 80 valence electrons. The maximum Gasteiger partial charge on any atom is 0.316 e. The van der Waals surface area contributed by atoms with Crippen LogP contribution in [0.5, 0.6) is 0 Å². The van der Waals surface area contributed by atoms with Gasteiger partial charge in [-0.1, -0.05) is 12.8 Å². The van der Waals surface area contributed by atoms with Gasteiger partial charge in [0.05, 0.1) is 0 Å². The second kappa shape index (κ2) is 4.09. The Morgan fingerprint density at radius 1 is 1.21 bits per heavy atom. The fourth-order valence-corrected chi connectivity index (χ4v) is 3.41. The zero-order valence-electron chi connectivity index (χ0n) is 8.71. The summed E-state index contributed by atoms with van der Waals surface area (Å²) in [5.74, 6) is 0.725. The van der Waals surface area contributed by atoms with Crippen LogP contribution in [-0.4, -0.2) is 22.3 Å². The van der Waals surface area contributed by atoms with Crippen molar-refractivity contribution in [2.24, 2.45) is 5.92 Å². The van der Waals surface area contributed by atoms with E-state index >= 15 is 0 Å². The van der Waals surface area contributed by atoms with Crippen LogP contribution in [0.3, 0.4) is 0 Å². The SMILES string of the molecule is CC1CCC2CCCCC2N1C(=O)Cl. The van der Waals surface area contributed by atoms with Crippen molar-refractivity contribution >= 4 is 17.0 Å². The summed E-state index contributed by atoms with van der Waals surface area (Å²) >= 11 is 5.66. The quantitative estimate of drug-likeness (QED) is 0.448. The summed E-state index contributed by atoms with van der Waals surface area (Å²) in [6.07, 6.45) is 7.45. The standard InChI is InChI=1S/C11H18ClNO/c1-8-6-7-9-4-2-3-5-10(9)13(8)11(12)14/h8-10H,2-7H2,1H3. The summed E-state index contributed by atoms with van der Waals surface area (Å²) in [7, 11) is 0. The van der Waals surface area contributed by atoms with Gasteiger partial charge in [0.15, 0.2) is 0 Å². The van der Waals surface area contributed by atoms with Gasteiger partial charge in [-0.05, 0) is 50.1 Å². The lowest BCUT2D eigenvalue weighted by molar-refractivity contribution is 0.0618. The molecular formula is C11H18ClNO. The van der Waals surface area contributed by atoms with E-state index in [9.17, 15) is 4.79 Å². The molecule has 1 heterocycles. The van der Waals surface area contributed by atoms with Crippen LogP contribution in [0.1, 0.15) is 45.4 Å². The van der Waals surface area contributed by atoms with E-state index in [0.717, 1.165) is 18.8 Å². The van der Waals surface area contributed by atoms with Crippen LogP contribution < -0.4 is 0 Å². The Labute approximate surface area is 90.6 Å². The predicted octanol–water partition coefficient (Wildman–Crippen LogP) is 3.39. The Balaban J connectivity index is 2.13. The highest BCUT2D eigenvalue weighted by molar-refractivity contribution is 6.62. The summed E-state index contributed by atoms with van der Waals surface area (Å²) in [6.45, 7) is 2.12. The highest BCUT2D eigenvalue weighted by Gasteiger charge is 2.38. The number of likely N-dealkylation sites (tertiary alicyclic amines) is 1. The summed E-state index contributed by atoms with van der Waals surface area (Å²) in [6, 6.07) is 0.789. The number of halogens is 1. The van der Waals surface area contributed by atoms with Crippen molar-refractivity contribution in [2.45, 2.75) is 57.5 Å². The van der Waals surface area contributed by atoms with E-state index in [1.807, 2.05) is 4.90 Å². The van der Waals surface area contributed by atoms with E-state index in [-0.39, 0.29) is 5.37 Å². The molecule has 0 bridgehead atoms. The first-order chi connectivity index (χ1) is 6.70. The molecule has 0 aromatic rings. The molecule has 3 unspecified atom stereocenters. The third kappa shape index (κ3) is 1.77. The fraction of sp³-hybridized carbons (Fsp3) is 0.909. The van der Waals surface area contributed by atoms with Crippen LogP contribution in [0.4, 0.5) is 4.79 Å². The summed E-state index contributed by atoms with van der Waals surface area (Å²) in [5.41, 5.74) is 0. The lowest BCUT2D eigenvalue weighted by Crippen LogP contribution is -2.52. The molecule has 2 nitrogen and oxygen atoms in total. The Morgan fingerprint density at radius 3 is 2.64 bits per heavy atom. The lowest BCUT2D eigenvalue weighted by atomic mass is 9.77. The molecule has 3 atom stereocenters. The van der Waals surface area contributed by atoms with Crippen molar-refractivity contribution < 1.29 is 4.79 Å². The van der Waals surface area contributed by atoms with Gasteiger partial charge in [0.25, 0.3) is 0 Å². The number of carbonyl (C=O) groups excluding carboxylic acids is 1. The Kier molecular flexibility index (Phi) is 3.01. The molecule has 1 aliphatic heterocycles. The van der Waals surface area contributed by atoms with Crippen LogP contribution >= 0.6 is 11.6 Å². The van der Waals surface area contributed by atoms with E-state index in [4.69, 9.17) is 11.6 Å². The Bertz CT molecular complexity index is 231.